The molecule has 0 atom stereocenters. The molecule has 0 bridgehead atoms. The van der Waals surface area contributed by atoms with Crippen molar-refractivity contribution in [1.29, 1.82) is 0 Å². The van der Waals surface area contributed by atoms with Crippen LogP contribution in [0.5, 0.6) is 0 Å². The number of esters is 1. The Morgan fingerprint density at radius 2 is 1.81 bits per heavy atom. The van der Waals surface area contributed by atoms with Gasteiger partial charge in [0.2, 0.25) is 0 Å². The second-order valence-electron chi connectivity index (χ2n) is 5.30. The van der Waals surface area contributed by atoms with Crippen LogP contribution in [-0.4, -0.2) is 35.5 Å². The number of hydrogen-bond donors (Lipinski definition) is 1. The van der Waals surface area contributed by atoms with Crippen LogP contribution in [0.15, 0.2) is 18.2 Å². The summed E-state index contributed by atoms with van der Waals surface area (Å²) < 4.78 is 5.97. The van der Waals surface area contributed by atoms with E-state index in [2.05, 4.69) is 22.6 Å². The lowest BCUT2D eigenvalue weighted by Crippen LogP contribution is -2.44. The van der Waals surface area contributed by atoms with E-state index in [9.17, 15) is 9.59 Å². The number of amides is 1. The maximum atomic E-state index is 12.1. The summed E-state index contributed by atoms with van der Waals surface area (Å²) in [4.78, 5) is 25.8. The summed E-state index contributed by atoms with van der Waals surface area (Å²) in [5.74, 6) is -0.788. The largest absolute Gasteiger partial charge is 0.452 e. The fourth-order valence-corrected chi connectivity index (χ4v) is 2.65. The molecule has 0 heterocycles. The summed E-state index contributed by atoms with van der Waals surface area (Å²) in [6.45, 7) is 7.43. The second-order valence-corrected chi connectivity index (χ2v) is 6.54. The Kier molecular flexibility index (Phi) is 6.44. The number of anilines is 1. The first-order chi connectivity index (χ1) is 9.73. The fraction of sp³-hybridized carbons (Fsp3) is 0.467. The lowest BCUT2D eigenvalue weighted by molar-refractivity contribution is -0.138. The molecule has 0 fully saturated rings. The SMILES string of the molecule is CC(C)N(C(=O)COC(=O)c1cc(I)ccc1N)C(C)C. The monoisotopic (exact) mass is 404 g/mol. The van der Waals surface area contributed by atoms with Crippen LogP contribution in [0, 0.1) is 3.57 Å². The summed E-state index contributed by atoms with van der Waals surface area (Å²) in [5, 5.41) is 0. The zero-order valence-corrected chi connectivity index (χ0v) is 14.9. The van der Waals surface area contributed by atoms with Crippen molar-refractivity contribution in [3.05, 3.63) is 27.3 Å². The van der Waals surface area contributed by atoms with E-state index in [0.717, 1.165) is 3.57 Å². The molecule has 1 aromatic carbocycles. The molecule has 2 N–H and O–H groups in total. The maximum absolute atomic E-state index is 12.1. The minimum atomic E-state index is -0.577. The van der Waals surface area contributed by atoms with Crippen LogP contribution in [0.25, 0.3) is 0 Å². The summed E-state index contributed by atoms with van der Waals surface area (Å²) in [7, 11) is 0. The van der Waals surface area contributed by atoms with E-state index >= 15 is 0 Å². The van der Waals surface area contributed by atoms with E-state index < -0.39 is 5.97 Å². The highest BCUT2D eigenvalue weighted by Crippen LogP contribution is 2.17. The first kappa shape index (κ1) is 17.7. The number of carbonyl (C=O) groups excluding carboxylic acids is 2. The van der Waals surface area contributed by atoms with Crippen LogP contribution in [-0.2, 0) is 9.53 Å². The third-order valence-corrected chi connectivity index (χ3v) is 3.63. The number of hydrogen-bond acceptors (Lipinski definition) is 4. The molecule has 1 rings (SSSR count). The van der Waals surface area contributed by atoms with Crippen molar-refractivity contribution >= 4 is 40.2 Å². The molecular weight excluding hydrogens is 383 g/mol. The Morgan fingerprint density at radius 1 is 1.24 bits per heavy atom. The van der Waals surface area contributed by atoms with Gasteiger partial charge in [-0.15, -0.1) is 0 Å². The highest BCUT2D eigenvalue weighted by atomic mass is 127. The average Bonchev–Trinajstić information content (AvgIpc) is 2.38. The van der Waals surface area contributed by atoms with E-state index in [1.165, 1.54) is 0 Å². The molecule has 1 aromatic rings. The highest BCUT2D eigenvalue weighted by molar-refractivity contribution is 14.1. The number of nitrogens with two attached hydrogens (primary N) is 1. The lowest BCUT2D eigenvalue weighted by atomic mass is 10.2. The average molecular weight is 404 g/mol. The number of halogens is 1. The molecule has 21 heavy (non-hydrogen) atoms. The van der Waals surface area contributed by atoms with Gasteiger partial charge in [0, 0.05) is 21.3 Å². The molecule has 6 heteroatoms. The number of nitrogens with zero attached hydrogens (tertiary/aromatic N) is 1. The Hall–Kier alpha value is -1.31. The number of carbonyl (C=O) groups is 2. The minimum absolute atomic E-state index is 0.0546. The topological polar surface area (TPSA) is 72.6 Å². The minimum Gasteiger partial charge on any atom is -0.452 e. The highest BCUT2D eigenvalue weighted by Gasteiger charge is 2.22. The molecule has 5 nitrogen and oxygen atoms in total. The van der Waals surface area contributed by atoms with Crippen LogP contribution < -0.4 is 5.73 Å². The van der Waals surface area contributed by atoms with Gasteiger partial charge in [-0.2, -0.15) is 0 Å². The molecule has 0 spiro atoms. The maximum Gasteiger partial charge on any atom is 0.340 e. The summed E-state index contributed by atoms with van der Waals surface area (Å²) in [6.07, 6.45) is 0. The van der Waals surface area contributed by atoms with Gasteiger partial charge in [0.05, 0.1) is 5.56 Å². The standard InChI is InChI=1S/C15H21IN2O3/c1-9(2)18(10(3)4)14(19)8-21-15(20)12-7-11(16)5-6-13(12)17/h5-7,9-10H,8,17H2,1-4H3. The Labute approximate surface area is 139 Å². The molecule has 0 aliphatic carbocycles. The number of nitrogen functional groups attached to an aromatic ring is 1. The third kappa shape index (κ3) is 4.87. The van der Waals surface area contributed by atoms with E-state index in [1.807, 2.05) is 27.7 Å². The summed E-state index contributed by atoms with van der Waals surface area (Å²) in [6, 6.07) is 5.20. The van der Waals surface area contributed by atoms with Gasteiger partial charge in [-0.05, 0) is 68.5 Å². The first-order valence-corrected chi connectivity index (χ1v) is 7.85. The molecule has 1 amide bonds. The lowest BCUT2D eigenvalue weighted by Gasteiger charge is -2.30. The second kappa shape index (κ2) is 7.63. The third-order valence-electron chi connectivity index (χ3n) is 2.96. The van der Waals surface area contributed by atoms with Gasteiger partial charge in [-0.1, -0.05) is 0 Å². The molecular formula is C15H21IN2O3. The molecule has 0 aliphatic rings. The quantitative estimate of drug-likeness (QED) is 0.465. The fourth-order valence-electron chi connectivity index (χ4n) is 2.16. The van der Waals surface area contributed by atoms with E-state index in [0.29, 0.717) is 5.69 Å². The molecule has 0 saturated heterocycles. The molecule has 0 aliphatic heterocycles. The van der Waals surface area contributed by atoms with Crippen molar-refractivity contribution in [1.82, 2.24) is 4.90 Å². The van der Waals surface area contributed by atoms with Gasteiger partial charge in [-0.3, -0.25) is 4.79 Å². The van der Waals surface area contributed by atoms with Gasteiger partial charge in [0.25, 0.3) is 5.91 Å². The normalized spacial score (nSPS) is 10.8. The van der Waals surface area contributed by atoms with Gasteiger partial charge >= 0.3 is 5.97 Å². The Morgan fingerprint density at radius 3 is 2.33 bits per heavy atom. The van der Waals surface area contributed by atoms with Crippen molar-refractivity contribution in [2.24, 2.45) is 0 Å². The van der Waals surface area contributed by atoms with Gasteiger partial charge in [0.15, 0.2) is 6.61 Å². The summed E-state index contributed by atoms with van der Waals surface area (Å²) >= 11 is 2.09. The molecule has 116 valence electrons. The zero-order chi connectivity index (χ0) is 16.2. The molecule has 0 aromatic heterocycles. The number of ether oxygens (including phenoxy) is 1. The van der Waals surface area contributed by atoms with Crippen LogP contribution >= 0.6 is 22.6 Å². The van der Waals surface area contributed by atoms with Gasteiger partial charge in [-0.25, -0.2) is 4.79 Å². The predicted octanol–water partition coefficient (Wildman–Crippen LogP) is 2.68. The predicted molar refractivity (Wildman–Crippen MR) is 91.0 cm³/mol. The van der Waals surface area contributed by atoms with Crippen LogP contribution in [0.4, 0.5) is 5.69 Å². The van der Waals surface area contributed by atoms with Crippen molar-refractivity contribution < 1.29 is 14.3 Å². The molecule has 0 radical (unpaired) electrons. The molecule has 0 saturated carbocycles. The molecule has 0 unspecified atom stereocenters. The number of rotatable bonds is 5. The number of benzene rings is 1. The van der Waals surface area contributed by atoms with E-state index in [4.69, 9.17) is 10.5 Å². The Bertz CT molecular complexity index is 522. The van der Waals surface area contributed by atoms with Crippen molar-refractivity contribution in [2.45, 2.75) is 39.8 Å². The smallest absolute Gasteiger partial charge is 0.340 e. The van der Waals surface area contributed by atoms with Gasteiger partial charge in [0.1, 0.15) is 0 Å². The van der Waals surface area contributed by atoms with Gasteiger partial charge < -0.3 is 15.4 Å². The van der Waals surface area contributed by atoms with Crippen LogP contribution in [0.3, 0.4) is 0 Å². The van der Waals surface area contributed by atoms with Crippen molar-refractivity contribution in [3.8, 4) is 0 Å². The Balaban J connectivity index is 2.72. The zero-order valence-electron chi connectivity index (χ0n) is 12.7. The van der Waals surface area contributed by atoms with Crippen molar-refractivity contribution in [3.63, 3.8) is 0 Å². The first-order valence-electron chi connectivity index (χ1n) is 6.77. The van der Waals surface area contributed by atoms with E-state index in [1.54, 1.807) is 23.1 Å². The summed E-state index contributed by atoms with van der Waals surface area (Å²) in [5.41, 5.74) is 6.39. The van der Waals surface area contributed by atoms with E-state index in [-0.39, 0.29) is 30.2 Å². The van der Waals surface area contributed by atoms with Crippen LogP contribution in [0.1, 0.15) is 38.1 Å². The van der Waals surface area contributed by atoms with Crippen LogP contribution in [0.2, 0.25) is 0 Å². The van der Waals surface area contributed by atoms with Crippen molar-refractivity contribution in [2.75, 3.05) is 12.3 Å².